The Balaban J connectivity index is 1.50. The van der Waals surface area contributed by atoms with E-state index in [1.54, 1.807) is 36.7 Å². The van der Waals surface area contributed by atoms with Gasteiger partial charge in [0.25, 0.3) is 0 Å². The predicted octanol–water partition coefficient (Wildman–Crippen LogP) is 3.96. The number of nitrogens with one attached hydrogen (secondary N) is 1. The van der Waals surface area contributed by atoms with Crippen LogP contribution in [0.2, 0.25) is 0 Å². The molecule has 0 aliphatic carbocycles. The van der Waals surface area contributed by atoms with E-state index < -0.39 is 11.6 Å². The van der Waals surface area contributed by atoms with Crippen LogP contribution < -0.4 is 9.64 Å². The van der Waals surface area contributed by atoms with Crippen LogP contribution in [0.5, 0.6) is 5.75 Å². The zero-order valence-corrected chi connectivity index (χ0v) is 15.3. The number of benzene rings is 2. The summed E-state index contributed by atoms with van der Waals surface area (Å²) in [6, 6.07) is 9.47. The van der Waals surface area contributed by atoms with Gasteiger partial charge >= 0.3 is 0 Å². The number of rotatable bonds is 5. The molecular weight excluding hydrogens is 364 g/mol. The quantitative estimate of drug-likeness (QED) is 0.726. The van der Waals surface area contributed by atoms with E-state index in [2.05, 4.69) is 10.2 Å². The van der Waals surface area contributed by atoms with Crippen molar-refractivity contribution < 1.29 is 18.3 Å². The van der Waals surface area contributed by atoms with Crippen molar-refractivity contribution in [2.45, 2.75) is 12.8 Å². The van der Waals surface area contributed by atoms with Gasteiger partial charge in [0.15, 0.2) is 11.6 Å². The number of anilines is 1. The minimum Gasteiger partial charge on any atom is -0.494 e. The predicted molar refractivity (Wildman–Crippen MR) is 101 cm³/mol. The molecule has 1 unspecified atom stereocenters. The van der Waals surface area contributed by atoms with E-state index in [0.717, 1.165) is 5.56 Å². The molecule has 1 amide bonds. The normalized spacial score (nSPS) is 16.6. The standard InChI is InChI=1S/C21H19F2N3O2/c1-28-20-5-2-13(9-18(20)23)8-15-6-7-26(21(15)27)19-4-3-14(10-17(19)22)16-11-24-25-12-16/h2-5,9-12,15H,6-8H2,1H3,(H,24,25). The van der Waals surface area contributed by atoms with Crippen molar-refractivity contribution in [3.8, 4) is 16.9 Å². The van der Waals surface area contributed by atoms with Gasteiger partial charge in [-0.1, -0.05) is 12.1 Å². The van der Waals surface area contributed by atoms with Gasteiger partial charge in [0.2, 0.25) is 5.91 Å². The molecule has 0 bridgehead atoms. The second-order valence-corrected chi connectivity index (χ2v) is 6.80. The maximum Gasteiger partial charge on any atom is 0.230 e. The van der Waals surface area contributed by atoms with Gasteiger partial charge in [-0.3, -0.25) is 9.89 Å². The average Bonchev–Trinajstić information content (AvgIpc) is 3.33. The Morgan fingerprint density at radius 2 is 2.04 bits per heavy atom. The van der Waals surface area contributed by atoms with E-state index in [1.807, 2.05) is 0 Å². The Kier molecular flexibility index (Phi) is 4.81. The number of halogens is 2. The van der Waals surface area contributed by atoms with Gasteiger partial charge in [0.1, 0.15) is 5.82 Å². The Morgan fingerprint density at radius 1 is 1.18 bits per heavy atom. The number of carbonyl (C=O) groups excluding carboxylic acids is 1. The first-order chi connectivity index (χ1) is 13.6. The van der Waals surface area contributed by atoms with Crippen LogP contribution in [0, 0.1) is 17.6 Å². The number of hydrogen-bond acceptors (Lipinski definition) is 3. The SMILES string of the molecule is COc1ccc(CC2CCN(c3ccc(-c4cn[nH]c4)cc3F)C2=O)cc1F. The van der Waals surface area contributed by atoms with Crippen LogP contribution in [0.25, 0.3) is 11.1 Å². The molecule has 144 valence electrons. The molecular formula is C21H19F2N3O2. The van der Waals surface area contributed by atoms with Crippen LogP contribution in [0.3, 0.4) is 0 Å². The average molecular weight is 383 g/mol. The van der Waals surface area contributed by atoms with E-state index in [-0.39, 0.29) is 23.3 Å². The molecule has 7 heteroatoms. The third-order valence-electron chi connectivity index (χ3n) is 5.08. The third-order valence-corrected chi connectivity index (χ3v) is 5.08. The third kappa shape index (κ3) is 3.35. The molecule has 1 saturated heterocycles. The highest BCUT2D eigenvalue weighted by atomic mass is 19.1. The highest BCUT2D eigenvalue weighted by molar-refractivity contribution is 5.97. The Labute approximate surface area is 160 Å². The van der Waals surface area contributed by atoms with Crippen molar-refractivity contribution in [3.05, 3.63) is 66.0 Å². The van der Waals surface area contributed by atoms with Crippen molar-refractivity contribution in [1.29, 1.82) is 0 Å². The molecule has 4 rings (SSSR count). The summed E-state index contributed by atoms with van der Waals surface area (Å²) in [7, 11) is 1.41. The molecule has 1 aromatic heterocycles. The van der Waals surface area contributed by atoms with Gasteiger partial charge in [-0.2, -0.15) is 5.10 Å². The molecule has 1 N–H and O–H groups in total. The van der Waals surface area contributed by atoms with Crippen LogP contribution in [0.1, 0.15) is 12.0 Å². The fraction of sp³-hybridized carbons (Fsp3) is 0.238. The fourth-order valence-corrected chi connectivity index (χ4v) is 3.60. The first-order valence-electron chi connectivity index (χ1n) is 8.99. The second kappa shape index (κ2) is 7.42. The van der Waals surface area contributed by atoms with Crippen LogP contribution in [0.15, 0.2) is 48.8 Å². The summed E-state index contributed by atoms with van der Waals surface area (Å²) in [6.45, 7) is 0.435. The van der Waals surface area contributed by atoms with Gasteiger partial charge in [-0.25, -0.2) is 8.78 Å². The number of aromatic amines is 1. The van der Waals surface area contributed by atoms with E-state index >= 15 is 0 Å². The molecule has 28 heavy (non-hydrogen) atoms. The summed E-state index contributed by atoms with van der Waals surface area (Å²) in [6.07, 6.45) is 4.29. The maximum absolute atomic E-state index is 14.7. The fourth-order valence-electron chi connectivity index (χ4n) is 3.60. The molecule has 1 atom stereocenters. The van der Waals surface area contributed by atoms with E-state index in [0.29, 0.717) is 30.5 Å². The minimum atomic E-state index is -0.455. The molecule has 2 aromatic carbocycles. The number of amides is 1. The van der Waals surface area contributed by atoms with Gasteiger partial charge in [0, 0.05) is 24.2 Å². The summed E-state index contributed by atoms with van der Waals surface area (Å²) in [4.78, 5) is 14.3. The molecule has 0 saturated carbocycles. The highest BCUT2D eigenvalue weighted by Crippen LogP contribution is 2.32. The molecule has 0 spiro atoms. The van der Waals surface area contributed by atoms with E-state index in [4.69, 9.17) is 4.74 Å². The van der Waals surface area contributed by atoms with Crippen LogP contribution in [-0.4, -0.2) is 29.8 Å². The van der Waals surface area contributed by atoms with E-state index in [9.17, 15) is 13.6 Å². The molecule has 1 aliphatic rings. The molecule has 5 nitrogen and oxygen atoms in total. The van der Waals surface area contributed by atoms with Crippen LogP contribution in [0.4, 0.5) is 14.5 Å². The van der Waals surface area contributed by atoms with E-state index in [1.165, 1.54) is 24.1 Å². The van der Waals surface area contributed by atoms with Gasteiger partial charge in [0.05, 0.1) is 19.0 Å². The molecule has 1 aliphatic heterocycles. The first-order valence-corrected chi connectivity index (χ1v) is 8.99. The first kappa shape index (κ1) is 18.2. The lowest BCUT2D eigenvalue weighted by molar-refractivity contribution is -0.120. The van der Waals surface area contributed by atoms with Crippen molar-refractivity contribution >= 4 is 11.6 Å². The Morgan fingerprint density at radius 3 is 2.71 bits per heavy atom. The lowest BCUT2D eigenvalue weighted by Crippen LogP contribution is -2.28. The number of methoxy groups -OCH3 is 1. The Hall–Kier alpha value is -3.22. The van der Waals surface area contributed by atoms with Crippen LogP contribution >= 0.6 is 0 Å². The summed E-state index contributed by atoms with van der Waals surface area (Å²) in [5.74, 6) is -1.19. The van der Waals surface area contributed by atoms with Gasteiger partial charge in [-0.15, -0.1) is 0 Å². The monoisotopic (exact) mass is 383 g/mol. The second-order valence-electron chi connectivity index (χ2n) is 6.80. The number of aromatic nitrogens is 2. The van der Waals surface area contributed by atoms with Crippen molar-refractivity contribution in [1.82, 2.24) is 10.2 Å². The smallest absolute Gasteiger partial charge is 0.230 e. The minimum absolute atomic E-state index is 0.147. The summed E-state index contributed by atoms with van der Waals surface area (Å²) in [5.41, 5.74) is 2.44. The van der Waals surface area contributed by atoms with Gasteiger partial charge < -0.3 is 9.64 Å². The van der Waals surface area contributed by atoms with Crippen molar-refractivity contribution in [2.75, 3.05) is 18.6 Å². The number of H-pyrrole nitrogens is 1. The Bertz CT molecular complexity index is 1000. The number of carbonyl (C=O) groups is 1. The molecule has 2 heterocycles. The summed E-state index contributed by atoms with van der Waals surface area (Å²) in [5, 5.41) is 6.55. The summed E-state index contributed by atoms with van der Waals surface area (Å²) < 4.78 is 33.5. The maximum atomic E-state index is 14.7. The summed E-state index contributed by atoms with van der Waals surface area (Å²) >= 11 is 0. The zero-order valence-electron chi connectivity index (χ0n) is 15.3. The number of ether oxygens (including phenoxy) is 1. The molecule has 1 fully saturated rings. The lowest BCUT2D eigenvalue weighted by Gasteiger charge is -2.18. The van der Waals surface area contributed by atoms with Crippen LogP contribution in [-0.2, 0) is 11.2 Å². The molecule has 0 radical (unpaired) electrons. The zero-order chi connectivity index (χ0) is 19.7. The topological polar surface area (TPSA) is 58.2 Å². The molecule has 3 aromatic rings. The largest absolute Gasteiger partial charge is 0.494 e. The van der Waals surface area contributed by atoms with Crippen molar-refractivity contribution in [2.24, 2.45) is 5.92 Å². The van der Waals surface area contributed by atoms with Crippen molar-refractivity contribution in [3.63, 3.8) is 0 Å². The highest BCUT2D eigenvalue weighted by Gasteiger charge is 2.34. The number of hydrogen-bond donors (Lipinski definition) is 1. The van der Waals surface area contributed by atoms with Gasteiger partial charge in [-0.05, 0) is 48.2 Å². The lowest BCUT2D eigenvalue weighted by atomic mass is 9.98. The number of nitrogens with zero attached hydrogens (tertiary/aromatic N) is 2.